The first-order chi connectivity index (χ1) is 7.99. The fourth-order valence-electron chi connectivity index (χ4n) is 1.35. The number of hydrogen-bond donors (Lipinski definition) is 2. The maximum Gasteiger partial charge on any atom is 0.317 e. The molecule has 0 aromatic carbocycles. The first kappa shape index (κ1) is 15.7. The number of unbranched alkanes of at least 4 members (excludes halogenated alkanes) is 2. The van der Waals surface area contributed by atoms with E-state index in [-0.39, 0.29) is 6.03 Å². The highest BCUT2D eigenvalue weighted by molar-refractivity contribution is 5.74. The molecule has 0 rings (SSSR count). The van der Waals surface area contributed by atoms with Crippen LogP contribution in [0.3, 0.4) is 0 Å². The van der Waals surface area contributed by atoms with Gasteiger partial charge in [-0.15, -0.1) is 0 Å². The lowest BCUT2D eigenvalue weighted by molar-refractivity contribution is -0.141. The van der Waals surface area contributed by atoms with E-state index >= 15 is 0 Å². The second-order valence-corrected chi connectivity index (χ2v) is 4.39. The Hall–Kier alpha value is -1.26. The van der Waals surface area contributed by atoms with Crippen molar-refractivity contribution in [3.05, 3.63) is 0 Å². The summed E-state index contributed by atoms with van der Waals surface area (Å²) in [6, 6.07) is -0.126. The predicted molar refractivity (Wildman–Crippen MR) is 67.0 cm³/mol. The molecule has 1 atom stereocenters. The quantitative estimate of drug-likeness (QED) is 0.641. The van der Waals surface area contributed by atoms with E-state index in [0.29, 0.717) is 13.0 Å². The van der Waals surface area contributed by atoms with E-state index < -0.39 is 11.9 Å². The second kappa shape index (κ2) is 8.84. The molecule has 0 bridgehead atoms. The Balaban J connectivity index is 3.67. The molecule has 0 aliphatic rings. The van der Waals surface area contributed by atoms with Crippen LogP contribution in [0.15, 0.2) is 0 Å². The summed E-state index contributed by atoms with van der Waals surface area (Å²) in [5.41, 5.74) is 0. The van der Waals surface area contributed by atoms with Gasteiger partial charge in [0.05, 0.1) is 5.92 Å². The molecule has 0 aliphatic heterocycles. The number of amides is 2. The Bertz CT molecular complexity index is 244. The Morgan fingerprint density at radius 3 is 2.53 bits per heavy atom. The molecular weight excluding hydrogens is 220 g/mol. The number of carboxylic acids is 1. The van der Waals surface area contributed by atoms with Gasteiger partial charge in [0.15, 0.2) is 0 Å². The van der Waals surface area contributed by atoms with Crippen molar-refractivity contribution >= 4 is 12.0 Å². The number of carbonyl (C=O) groups is 2. The fourth-order valence-corrected chi connectivity index (χ4v) is 1.35. The van der Waals surface area contributed by atoms with Gasteiger partial charge < -0.3 is 15.3 Å². The first-order valence-corrected chi connectivity index (χ1v) is 6.20. The average Bonchev–Trinajstić information content (AvgIpc) is 2.28. The van der Waals surface area contributed by atoms with Crippen LogP contribution in [0, 0.1) is 5.92 Å². The topological polar surface area (TPSA) is 69.6 Å². The first-order valence-electron chi connectivity index (χ1n) is 6.20. The van der Waals surface area contributed by atoms with Gasteiger partial charge in [0.25, 0.3) is 0 Å². The third-order valence-electron chi connectivity index (χ3n) is 2.72. The summed E-state index contributed by atoms with van der Waals surface area (Å²) in [4.78, 5) is 23.8. The third kappa shape index (κ3) is 7.60. The van der Waals surface area contributed by atoms with E-state index in [2.05, 4.69) is 12.2 Å². The van der Waals surface area contributed by atoms with Crippen LogP contribution in [-0.4, -0.2) is 42.1 Å². The molecule has 2 amide bonds. The van der Waals surface area contributed by atoms with Crippen molar-refractivity contribution in [1.82, 2.24) is 10.2 Å². The number of nitrogens with one attached hydrogen (secondary N) is 1. The van der Waals surface area contributed by atoms with E-state index in [1.54, 1.807) is 18.9 Å². The third-order valence-corrected chi connectivity index (χ3v) is 2.72. The van der Waals surface area contributed by atoms with Gasteiger partial charge in [-0.1, -0.05) is 26.7 Å². The van der Waals surface area contributed by atoms with Crippen molar-refractivity contribution in [2.45, 2.75) is 39.5 Å². The molecule has 0 spiro atoms. The number of rotatable bonds is 8. The van der Waals surface area contributed by atoms with Crippen LogP contribution in [-0.2, 0) is 4.79 Å². The number of aliphatic carboxylic acids is 1. The predicted octanol–water partition coefficient (Wildman–Crippen LogP) is 1.93. The molecule has 5 nitrogen and oxygen atoms in total. The van der Waals surface area contributed by atoms with E-state index in [1.807, 2.05) is 0 Å². The highest BCUT2D eigenvalue weighted by atomic mass is 16.4. The maximum atomic E-state index is 11.6. The lowest BCUT2D eigenvalue weighted by Gasteiger charge is -2.18. The Kier molecular flexibility index (Phi) is 8.19. The minimum atomic E-state index is -0.824. The Morgan fingerprint density at radius 2 is 2.00 bits per heavy atom. The molecule has 0 aliphatic carbocycles. The van der Waals surface area contributed by atoms with Gasteiger partial charge >= 0.3 is 12.0 Å². The molecular formula is C12H24N2O3. The molecule has 2 N–H and O–H groups in total. The van der Waals surface area contributed by atoms with E-state index in [4.69, 9.17) is 5.11 Å². The van der Waals surface area contributed by atoms with Crippen molar-refractivity contribution in [2.75, 3.05) is 20.1 Å². The summed E-state index contributed by atoms with van der Waals surface area (Å²) in [6.07, 6.45) is 3.72. The van der Waals surface area contributed by atoms with E-state index in [9.17, 15) is 9.59 Å². The standard InChI is InChI=1S/C12H24N2O3/c1-4-5-6-9-14(3)12(17)13-8-7-10(2)11(15)16/h10H,4-9H2,1-3H3,(H,13,17)(H,15,16). The Labute approximate surface area is 103 Å². The van der Waals surface area contributed by atoms with Crippen LogP contribution in [0.4, 0.5) is 4.79 Å². The molecule has 0 aromatic rings. The summed E-state index contributed by atoms with van der Waals surface area (Å²) >= 11 is 0. The highest BCUT2D eigenvalue weighted by Gasteiger charge is 2.12. The molecule has 0 radical (unpaired) electrons. The van der Waals surface area contributed by atoms with Gasteiger partial charge in [-0.2, -0.15) is 0 Å². The lowest BCUT2D eigenvalue weighted by Crippen LogP contribution is -2.38. The Morgan fingerprint density at radius 1 is 1.35 bits per heavy atom. The van der Waals surface area contributed by atoms with Crippen LogP contribution in [0.25, 0.3) is 0 Å². The fraction of sp³-hybridized carbons (Fsp3) is 0.833. The smallest absolute Gasteiger partial charge is 0.317 e. The van der Waals surface area contributed by atoms with Crippen molar-refractivity contribution in [1.29, 1.82) is 0 Å². The molecule has 0 heterocycles. The molecule has 0 fully saturated rings. The van der Waals surface area contributed by atoms with Crippen LogP contribution in [0.5, 0.6) is 0 Å². The van der Waals surface area contributed by atoms with Crippen molar-refractivity contribution in [2.24, 2.45) is 5.92 Å². The average molecular weight is 244 g/mol. The minimum absolute atomic E-state index is 0.126. The van der Waals surface area contributed by atoms with Gasteiger partial charge in [-0.05, 0) is 12.8 Å². The molecule has 100 valence electrons. The number of nitrogens with zero attached hydrogens (tertiary/aromatic N) is 1. The van der Waals surface area contributed by atoms with Gasteiger partial charge in [-0.3, -0.25) is 4.79 Å². The molecule has 1 unspecified atom stereocenters. The minimum Gasteiger partial charge on any atom is -0.481 e. The summed E-state index contributed by atoms with van der Waals surface area (Å²) < 4.78 is 0. The number of hydrogen-bond acceptors (Lipinski definition) is 2. The number of carbonyl (C=O) groups excluding carboxylic acids is 1. The zero-order valence-electron chi connectivity index (χ0n) is 11.0. The molecule has 0 saturated heterocycles. The highest BCUT2D eigenvalue weighted by Crippen LogP contribution is 2.00. The van der Waals surface area contributed by atoms with Crippen LogP contribution >= 0.6 is 0 Å². The van der Waals surface area contributed by atoms with Gasteiger partial charge in [0, 0.05) is 20.1 Å². The molecule has 0 aromatic heterocycles. The SMILES string of the molecule is CCCCCN(C)C(=O)NCCC(C)C(=O)O. The summed E-state index contributed by atoms with van der Waals surface area (Å²) in [5.74, 6) is -1.24. The zero-order valence-corrected chi connectivity index (χ0v) is 11.0. The second-order valence-electron chi connectivity index (χ2n) is 4.39. The van der Waals surface area contributed by atoms with Crippen LogP contribution in [0.1, 0.15) is 39.5 Å². The molecule has 5 heteroatoms. The van der Waals surface area contributed by atoms with Crippen LogP contribution < -0.4 is 5.32 Å². The number of carboxylic acid groups (broad SMARTS) is 1. The van der Waals surface area contributed by atoms with Gasteiger partial charge in [-0.25, -0.2) is 4.79 Å². The normalized spacial score (nSPS) is 11.9. The molecule has 0 saturated carbocycles. The summed E-state index contributed by atoms with van der Waals surface area (Å²) in [5, 5.41) is 11.4. The number of urea groups is 1. The largest absolute Gasteiger partial charge is 0.481 e. The van der Waals surface area contributed by atoms with E-state index in [1.165, 1.54) is 0 Å². The molecule has 17 heavy (non-hydrogen) atoms. The van der Waals surface area contributed by atoms with Crippen molar-refractivity contribution in [3.63, 3.8) is 0 Å². The van der Waals surface area contributed by atoms with Crippen LogP contribution in [0.2, 0.25) is 0 Å². The zero-order chi connectivity index (χ0) is 13.3. The summed E-state index contributed by atoms with van der Waals surface area (Å²) in [6.45, 7) is 4.91. The van der Waals surface area contributed by atoms with Gasteiger partial charge in [0.2, 0.25) is 0 Å². The lowest BCUT2D eigenvalue weighted by atomic mass is 10.1. The summed E-state index contributed by atoms with van der Waals surface area (Å²) in [7, 11) is 1.76. The monoisotopic (exact) mass is 244 g/mol. The maximum absolute atomic E-state index is 11.6. The van der Waals surface area contributed by atoms with Crippen molar-refractivity contribution in [3.8, 4) is 0 Å². The van der Waals surface area contributed by atoms with Gasteiger partial charge in [0.1, 0.15) is 0 Å². The van der Waals surface area contributed by atoms with Crippen molar-refractivity contribution < 1.29 is 14.7 Å². The van der Waals surface area contributed by atoms with E-state index in [0.717, 1.165) is 25.8 Å².